The Kier molecular flexibility index (Phi) is 3.34. The van der Waals surface area contributed by atoms with Crippen molar-refractivity contribution in [2.75, 3.05) is 34.8 Å². The molecule has 3 heteroatoms. The van der Waals surface area contributed by atoms with Crippen molar-refractivity contribution in [3.63, 3.8) is 0 Å². The minimum absolute atomic E-state index is 0.120. The van der Waals surface area contributed by atoms with Gasteiger partial charge >= 0.3 is 0 Å². The van der Waals surface area contributed by atoms with Gasteiger partial charge in [0.25, 0.3) is 0 Å². The molecule has 1 aliphatic carbocycles. The molecule has 0 heterocycles. The summed E-state index contributed by atoms with van der Waals surface area (Å²) >= 11 is 0. The van der Waals surface area contributed by atoms with Crippen LogP contribution in [0.1, 0.15) is 6.92 Å². The molecule has 1 atom stereocenters. The van der Waals surface area contributed by atoms with Crippen LogP contribution in [0.15, 0.2) is 22.9 Å². The molecule has 0 amide bonds. The molecule has 0 saturated heterocycles. The van der Waals surface area contributed by atoms with E-state index in [0.29, 0.717) is 6.04 Å². The molecule has 1 N–H and O–H groups in total. The van der Waals surface area contributed by atoms with Crippen LogP contribution in [0.4, 0.5) is 0 Å². The van der Waals surface area contributed by atoms with E-state index in [4.69, 9.17) is 0 Å². The molecule has 14 heavy (non-hydrogen) atoms. The monoisotopic (exact) mass is 196 g/mol. The van der Waals surface area contributed by atoms with Crippen LogP contribution in [-0.4, -0.2) is 55.7 Å². The van der Waals surface area contributed by atoms with Gasteiger partial charge in [-0.05, 0) is 32.2 Å². The lowest BCUT2D eigenvalue weighted by atomic mass is 10.1. The van der Waals surface area contributed by atoms with Crippen LogP contribution in [0.5, 0.6) is 0 Å². The van der Waals surface area contributed by atoms with Crippen LogP contribution in [-0.2, 0) is 0 Å². The summed E-state index contributed by atoms with van der Waals surface area (Å²) in [7, 11) is 8.17. The van der Waals surface area contributed by atoms with Crippen molar-refractivity contribution in [1.29, 1.82) is 0 Å². The number of rotatable bonds is 3. The highest BCUT2D eigenvalue weighted by Crippen LogP contribution is 2.29. The molecule has 0 aromatic heterocycles. The van der Waals surface area contributed by atoms with Crippen LogP contribution in [0.3, 0.4) is 0 Å². The highest BCUT2D eigenvalue weighted by Gasteiger charge is 2.27. The number of likely N-dealkylation sites (N-methyl/N-ethyl adjacent to an activating group) is 2. The first-order valence-corrected chi connectivity index (χ1v) is 4.85. The maximum Gasteiger partial charge on any atom is 0.0711 e. The molecule has 1 rings (SSSR count). The second kappa shape index (κ2) is 4.15. The van der Waals surface area contributed by atoms with Crippen LogP contribution < -0.4 is 0 Å². The molecule has 0 aliphatic heterocycles. The summed E-state index contributed by atoms with van der Waals surface area (Å²) in [6.07, 6.45) is 2.08. The summed E-state index contributed by atoms with van der Waals surface area (Å²) in [5, 5.41) is 9.26. The van der Waals surface area contributed by atoms with Gasteiger partial charge in [0, 0.05) is 19.8 Å². The Balaban J connectivity index is 3.06. The Morgan fingerprint density at radius 2 is 1.86 bits per heavy atom. The molecule has 0 aromatic carbocycles. The zero-order valence-electron chi connectivity index (χ0n) is 9.70. The van der Waals surface area contributed by atoms with Gasteiger partial charge in [-0.25, -0.2) is 0 Å². The predicted molar refractivity (Wildman–Crippen MR) is 59.0 cm³/mol. The molecule has 1 aliphatic rings. The molecule has 0 saturated carbocycles. The van der Waals surface area contributed by atoms with E-state index >= 15 is 0 Å². The van der Waals surface area contributed by atoms with E-state index in [-0.39, 0.29) is 6.61 Å². The van der Waals surface area contributed by atoms with Gasteiger partial charge in [-0.3, -0.25) is 4.90 Å². The highest BCUT2D eigenvalue weighted by molar-refractivity contribution is 5.44. The number of aliphatic hydroxyl groups is 1. The molecule has 0 bridgehead atoms. The van der Waals surface area contributed by atoms with Crippen molar-refractivity contribution >= 4 is 0 Å². The van der Waals surface area contributed by atoms with E-state index in [1.165, 1.54) is 11.3 Å². The topological polar surface area (TPSA) is 26.7 Å². The minimum Gasteiger partial charge on any atom is -0.392 e. The van der Waals surface area contributed by atoms with Crippen molar-refractivity contribution < 1.29 is 5.11 Å². The summed E-state index contributed by atoms with van der Waals surface area (Å²) < 4.78 is 0. The Bertz CT molecular complexity index is 277. The Hall–Kier alpha value is -0.800. The summed E-state index contributed by atoms with van der Waals surface area (Å²) in [5.74, 6) is 0. The van der Waals surface area contributed by atoms with Gasteiger partial charge < -0.3 is 10.0 Å². The Morgan fingerprint density at radius 3 is 2.21 bits per heavy atom. The largest absolute Gasteiger partial charge is 0.392 e. The average Bonchev–Trinajstić information content (AvgIpc) is 2.41. The summed E-state index contributed by atoms with van der Waals surface area (Å²) in [5.41, 5.74) is 3.53. The number of nitrogens with zero attached hydrogens (tertiary/aromatic N) is 2. The molecule has 0 radical (unpaired) electrons. The van der Waals surface area contributed by atoms with Gasteiger partial charge in [0.2, 0.25) is 0 Å². The van der Waals surface area contributed by atoms with E-state index in [0.717, 1.165) is 5.57 Å². The maximum absolute atomic E-state index is 9.26. The summed E-state index contributed by atoms with van der Waals surface area (Å²) in [4.78, 5) is 4.26. The maximum atomic E-state index is 9.26. The third-order valence-corrected chi connectivity index (χ3v) is 2.59. The highest BCUT2D eigenvalue weighted by atomic mass is 16.3. The second-order valence-electron chi connectivity index (χ2n) is 4.22. The van der Waals surface area contributed by atoms with E-state index in [2.05, 4.69) is 36.9 Å². The van der Waals surface area contributed by atoms with Gasteiger partial charge in [0.1, 0.15) is 0 Å². The lowest BCUT2D eigenvalue weighted by Crippen LogP contribution is -2.35. The van der Waals surface area contributed by atoms with Crippen molar-refractivity contribution in [3.8, 4) is 0 Å². The fraction of sp³-hybridized carbons (Fsp3) is 0.636. The fourth-order valence-corrected chi connectivity index (χ4v) is 2.13. The summed E-state index contributed by atoms with van der Waals surface area (Å²) in [6.45, 7) is 2.23. The minimum atomic E-state index is 0.120. The van der Waals surface area contributed by atoms with Gasteiger partial charge in [0.05, 0.1) is 12.6 Å². The van der Waals surface area contributed by atoms with Crippen molar-refractivity contribution in [2.45, 2.75) is 13.0 Å². The zero-order chi connectivity index (χ0) is 10.9. The predicted octanol–water partition coefficient (Wildman–Crippen LogP) is 0.684. The Labute approximate surface area is 86.3 Å². The van der Waals surface area contributed by atoms with Gasteiger partial charge in [0.15, 0.2) is 0 Å². The van der Waals surface area contributed by atoms with Crippen LogP contribution in [0.25, 0.3) is 0 Å². The smallest absolute Gasteiger partial charge is 0.0711 e. The van der Waals surface area contributed by atoms with Gasteiger partial charge in [-0.15, -0.1) is 0 Å². The lowest BCUT2D eigenvalue weighted by Gasteiger charge is -2.29. The molecule has 1 unspecified atom stereocenters. The molecule has 0 aromatic rings. The summed E-state index contributed by atoms with van der Waals surface area (Å²) in [6, 6.07) is 0.312. The molecule has 3 nitrogen and oxygen atoms in total. The first-order chi connectivity index (χ1) is 6.49. The molecule has 80 valence electrons. The van der Waals surface area contributed by atoms with Crippen molar-refractivity contribution in [1.82, 2.24) is 9.80 Å². The third-order valence-electron chi connectivity index (χ3n) is 2.59. The van der Waals surface area contributed by atoms with E-state index in [1.54, 1.807) is 0 Å². The number of hydrogen-bond donors (Lipinski definition) is 1. The quantitative estimate of drug-likeness (QED) is 0.719. The van der Waals surface area contributed by atoms with Crippen LogP contribution >= 0.6 is 0 Å². The molecular formula is C11H20N2O. The second-order valence-corrected chi connectivity index (χ2v) is 4.22. The van der Waals surface area contributed by atoms with Crippen LogP contribution in [0, 0.1) is 0 Å². The molecule has 0 spiro atoms. The van der Waals surface area contributed by atoms with Gasteiger partial charge in [-0.2, -0.15) is 0 Å². The van der Waals surface area contributed by atoms with Gasteiger partial charge in [-0.1, -0.05) is 6.08 Å². The first kappa shape index (κ1) is 11.3. The van der Waals surface area contributed by atoms with Crippen LogP contribution in [0.2, 0.25) is 0 Å². The molecule has 0 fully saturated rings. The number of aliphatic hydroxyl groups excluding tert-OH is 1. The van der Waals surface area contributed by atoms with E-state index in [1.807, 2.05) is 14.1 Å². The third kappa shape index (κ3) is 1.83. The average molecular weight is 196 g/mol. The first-order valence-electron chi connectivity index (χ1n) is 4.85. The SMILES string of the molecule is CC1=CC(CO)=C(N(C)C)C1N(C)C. The Morgan fingerprint density at radius 1 is 1.29 bits per heavy atom. The lowest BCUT2D eigenvalue weighted by molar-refractivity contribution is 0.301. The standard InChI is InChI=1S/C11H20N2O/c1-8-6-9(7-14)11(13(4)5)10(8)12(2)3/h6,10,14H,7H2,1-5H3. The molecular weight excluding hydrogens is 176 g/mol. The van der Waals surface area contributed by atoms with E-state index < -0.39 is 0 Å². The van der Waals surface area contributed by atoms with E-state index in [9.17, 15) is 5.11 Å². The fourth-order valence-electron chi connectivity index (χ4n) is 2.13. The zero-order valence-corrected chi connectivity index (χ0v) is 9.70. The number of hydrogen-bond acceptors (Lipinski definition) is 3. The van der Waals surface area contributed by atoms with Crippen molar-refractivity contribution in [3.05, 3.63) is 22.9 Å². The van der Waals surface area contributed by atoms with Crippen molar-refractivity contribution in [2.24, 2.45) is 0 Å². The normalized spacial score (nSPS) is 21.9.